The molecule has 0 aliphatic carbocycles. The number of esters is 1. The van der Waals surface area contributed by atoms with Crippen molar-refractivity contribution >= 4 is 41.6 Å². The van der Waals surface area contributed by atoms with E-state index in [2.05, 4.69) is 26.6 Å². The summed E-state index contributed by atoms with van der Waals surface area (Å²) < 4.78 is 10.3. The topological polar surface area (TPSA) is 201 Å². The van der Waals surface area contributed by atoms with Crippen LogP contribution < -0.4 is 26.6 Å². The molecule has 5 N–H and O–H groups in total. The average Bonchev–Trinajstić information content (AvgIpc) is 3.64. The first-order chi connectivity index (χ1) is 28.5. The van der Waals surface area contributed by atoms with Crippen molar-refractivity contribution in [1.29, 1.82) is 0 Å². The standard InChI is InChI=1S/C46H74N6O9/c1-14-30(8)38(51-41(55)34(23-27(2)3)49-45(59)61-46(10,11)12)42(56)50-37(29(6)7)43(57)52-22-18-21-33(52)25-31(9)39(53)47-35(26-32-19-16-15-17-20-32)40(54)48-36(24-28(4)5)44(58)60-13/h15-17,19-20,25,27-30,33-38H,14,18,21-24,26H2,1-13H3,(H,47,53)(H,48,54)(H,49,59)(H,50,56)(H,51,55)/b31-25+/t30-,33-,34-,35-,36-,37-,38-/m0/s1. The number of carbonyl (C=O) groups excluding carboxylic acids is 7. The quantitative estimate of drug-likeness (QED) is 0.0837. The van der Waals surface area contributed by atoms with Crippen LogP contribution in [0.3, 0.4) is 0 Å². The van der Waals surface area contributed by atoms with Gasteiger partial charge in [0.2, 0.25) is 29.5 Å². The van der Waals surface area contributed by atoms with Gasteiger partial charge in [-0.25, -0.2) is 9.59 Å². The van der Waals surface area contributed by atoms with Gasteiger partial charge in [-0.15, -0.1) is 0 Å². The Morgan fingerprint density at radius 2 is 1.34 bits per heavy atom. The van der Waals surface area contributed by atoms with Crippen molar-refractivity contribution < 1.29 is 43.0 Å². The monoisotopic (exact) mass is 855 g/mol. The Balaban J connectivity index is 2.30. The van der Waals surface area contributed by atoms with E-state index >= 15 is 0 Å². The van der Waals surface area contributed by atoms with Crippen LogP contribution in [0.5, 0.6) is 0 Å². The van der Waals surface area contributed by atoms with Gasteiger partial charge in [-0.3, -0.25) is 24.0 Å². The third-order valence-electron chi connectivity index (χ3n) is 10.5. The first-order valence-electron chi connectivity index (χ1n) is 21.8. The maximum Gasteiger partial charge on any atom is 0.408 e. The second kappa shape index (κ2) is 24.5. The fourth-order valence-corrected chi connectivity index (χ4v) is 7.08. The highest BCUT2D eigenvalue weighted by Crippen LogP contribution is 2.23. The van der Waals surface area contributed by atoms with Crippen molar-refractivity contribution in [2.45, 2.75) is 163 Å². The first-order valence-corrected chi connectivity index (χ1v) is 21.8. The number of benzene rings is 1. The van der Waals surface area contributed by atoms with Gasteiger partial charge < -0.3 is 41.0 Å². The number of nitrogens with zero attached hydrogens (tertiary/aromatic N) is 1. The van der Waals surface area contributed by atoms with Gasteiger partial charge in [0.05, 0.1) is 13.2 Å². The molecule has 2 rings (SSSR count). The zero-order chi connectivity index (χ0) is 46.2. The third kappa shape index (κ3) is 17.5. The lowest BCUT2D eigenvalue weighted by Gasteiger charge is -2.33. The van der Waals surface area contributed by atoms with Crippen molar-refractivity contribution in [3.05, 3.63) is 47.5 Å². The van der Waals surface area contributed by atoms with Crippen molar-refractivity contribution in [3.63, 3.8) is 0 Å². The molecule has 1 aromatic carbocycles. The van der Waals surface area contributed by atoms with E-state index in [-0.39, 0.29) is 36.0 Å². The number of methoxy groups -OCH3 is 1. The summed E-state index contributed by atoms with van der Waals surface area (Å²) in [7, 11) is 1.26. The van der Waals surface area contributed by atoms with Crippen LogP contribution in [0.1, 0.15) is 121 Å². The highest BCUT2D eigenvalue weighted by molar-refractivity contribution is 5.98. The number of hydrogen-bond donors (Lipinski definition) is 5. The van der Waals surface area contributed by atoms with Crippen LogP contribution in [0.25, 0.3) is 0 Å². The molecule has 0 spiro atoms. The van der Waals surface area contributed by atoms with Gasteiger partial charge in [-0.05, 0) is 82.6 Å². The van der Waals surface area contributed by atoms with E-state index in [0.29, 0.717) is 44.2 Å². The predicted octanol–water partition coefficient (Wildman–Crippen LogP) is 4.97. The third-order valence-corrected chi connectivity index (χ3v) is 10.5. The summed E-state index contributed by atoms with van der Waals surface area (Å²) in [6, 6.07) is 3.93. The second-order valence-electron chi connectivity index (χ2n) is 18.5. The minimum Gasteiger partial charge on any atom is -0.467 e. The number of likely N-dealkylation sites (tertiary alicyclic amines) is 1. The maximum absolute atomic E-state index is 14.3. The van der Waals surface area contributed by atoms with Crippen LogP contribution in [0.2, 0.25) is 0 Å². The van der Waals surface area contributed by atoms with E-state index in [1.807, 2.05) is 85.7 Å². The zero-order valence-electron chi connectivity index (χ0n) is 38.8. The van der Waals surface area contributed by atoms with E-state index in [9.17, 15) is 33.6 Å². The summed E-state index contributed by atoms with van der Waals surface area (Å²) in [5, 5.41) is 14.1. The van der Waals surface area contributed by atoms with E-state index in [4.69, 9.17) is 9.47 Å². The SMILES string of the molecule is CC[C@H](C)[C@H](NC(=O)[C@H](CC(C)C)NC(=O)OC(C)(C)C)C(=O)N[C@H](C(=O)N1CCC[C@H]1/C=C(\C)C(=O)N[C@@H](Cc1ccccc1)C(=O)N[C@@H](CC(C)C)C(=O)OC)C(C)C. The van der Waals surface area contributed by atoms with Crippen molar-refractivity contribution in [2.75, 3.05) is 13.7 Å². The lowest BCUT2D eigenvalue weighted by molar-refractivity contribution is -0.145. The van der Waals surface area contributed by atoms with Gasteiger partial charge in [-0.1, -0.05) is 98.2 Å². The van der Waals surface area contributed by atoms with Crippen LogP contribution in [0.4, 0.5) is 4.79 Å². The molecule has 1 fully saturated rings. The van der Waals surface area contributed by atoms with Crippen LogP contribution in [0, 0.1) is 23.7 Å². The largest absolute Gasteiger partial charge is 0.467 e. The van der Waals surface area contributed by atoms with Crippen LogP contribution >= 0.6 is 0 Å². The van der Waals surface area contributed by atoms with Gasteiger partial charge in [-0.2, -0.15) is 0 Å². The Hall–Kier alpha value is -4.95. The molecule has 0 radical (unpaired) electrons. The zero-order valence-corrected chi connectivity index (χ0v) is 38.8. The lowest BCUT2D eigenvalue weighted by Crippen LogP contribution is -2.60. The Bertz CT molecular complexity index is 1670. The fraction of sp³-hybridized carbons (Fsp3) is 0.674. The Kier molecular flexibility index (Phi) is 20.9. The minimum absolute atomic E-state index is 0.0391. The molecule has 15 nitrogen and oxygen atoms in total. The molecule has 1 aliphatic heterocycles. The van der Waals surface area contributed by atoms with Crippen molar-refractivity contribution in [1.82, 2.24) is 31.5 Å². The van der Waals surface area contributed by atoms with Crippen LogP contribution in [0.15, 0.2) is 42.0 Å². The van der Waals surface area contributed by atoms with Crippen molar-refractivity contribution in [2.24, 2.45) is 23.7 Å². The molecule has 1 aromatic rings. The summed E-state index contributed by atoms with van der Waals surface area (Å²) in [6.07, 6.45) is 3.59. The Labute approximate surface area is 363 Å². The molecular weight excluding hydrogens is 781 g/mol. The van der Waals surface area contributed by atoms with E-state index in [0.717, 1.165) is 5.56 Å². The van der Waals surface area contributed by atoms with Gasteiger partial charge >= 0.3 is 12.1 Å². The van der Waals surface area contributed by atoms with Gasteiger partial charge in [0, 0.05) is 18.5 Å². The molecule has 15 heteroatoms. The summed E-state index contributed by atoms with van der Waals surface area (Å²) in [6.45, 7) is 22.3. The van der Waals surface area contributed by atoms with Gasteiger partial charge in [0.25, 0.3) is 0 Å². The Morgan fingerprint density at radius 1 is 0.770 bits per heavy atom. The summed E-state index contributed by atoms with van der Waals surface area (Å²) in [5.41, 5.74) is 0.327. The molecule has 1 heterocycles. The molecule has 0 bridgehead atoms. The number of ether oxygens (including phenoxy) is 2. The number of alkyl carbamates (subject to hydrolysis) is 1. The molecule has 342 valence electrons. The molecular formula is C46H74N6O9. The normalized spacial score (nSPS) is 17.4. The number of hydrogen-bond acceptors (Lipinski definition) is 9. The highest BCUT2D eigenvalue weighted by Gasteiger charge is 2.38. The lowest BCUT2D eigenvalue weighted by atomic mass is 9.95. The molecule has 0 saturated carbocycles. The molecule has 1 aliphatic rings. The number of nitrogens with one attached hydrogen (secondary N) is 5. The molecule has 0 unspecified atom stereocenters. The maximum atomic E-state index is 14.3. The summed E-state index contributed by atoms with van der Waals surface area (Å²) in [4.78, 5) is 96.3. The number of amides is 6. The smallest absolute Gasteiger partial charge is 0.408 e. The van der Waals surface area contributed by atoms with Crippen LogP contribution in [-0.4, -0.2) is 102 Å². The van der Waals surface area contributed by atoms with E-state index in [1.54, 1.807) is 38.7 Å². The first kappa shape index (κ1) is 52.2. The number of carbonyl (C=O) groups is 7. The highest BCUT2D eigenvalue weighted by atomic mass is 16.6. The van der Waals surface area contributed by atoms with Gasteiger partial charge in [0.1, 0.15) is 35.8 Å². The molecule has 7 atom stereocenters. The molecule has 61 heavy (non-hydrogen) atoms. The minimum atomic E-state index is -1.02. The average molecular weight is 855 g/mol. The Morgan fingerprint density at radius 3 is 1.89 bits per heavy atom. The molecule has 0 aromatic heterocycles. The fourth-order valence-electron chi connectivity index (χ4n) is 7.08. The van der Waals surface area contributed by atoms with Gasteiger partial charge in [0.15, 0.2) is 0 Å². The summed E-state index contributed by atoms with van der Waals surface area (Å²) in [5.74, 6) is -3.52. The molecule has 6 amide bonds. The molecule has 1 saturated heterocycles. The predicted molar refractivity (Wildman–Crippen MR) is 235 cm³/mol. The summed E-state index contributed by atoms with van der Waals surface area (Å²) >= 11 is 0. The number of rotatable bonds is 21. The van der Waals surface area contributed by atoms with Crippen LogP contribution in [-0.2, 0) is 44.7 Å². The van der Waals surface area contributed by atoms with E-state index in [1.165, 1.54) is 7.11 Å². The van der Waals surface area contributed by atoms with Crippen molar-refractivity contribution in [3.8, 4) is 0 Å². The van der Waals surface area contributed by atoms with E-state index < -0.39 is 77.5 Å². The second-order valence-corrected chi connectivity index (χ2v) is 18.5.